The molecule has 0 aliphatic rings. The summed E-state index contributed by atoms with van der Waals surface area (Å²) in [4.78, 5) is 20.2. The highest BCUT2D eigenvalue weighted by Crippen LogP contribution is 2.17. The molecule has 1 heterocycles. The molecule has 0 atom stereocenters. The summed E-state index contributed by atoms with van der Waals surface area (Å²) in [7, 11) is 3.27. The smallest absolute Gasteiger partial charge is 0.254 e. The zero-order chi connectivity index (χ0) is 17.2. The van der Waals surface area contributed by atoms with Crippen molar-refractivity contribution in [3.8, 4) is 5.75 Å². The second-order valence-electron chi connectivity index (χ2n) is 5.06. The molecule has 2 rings (SSSR count). The molecule has 2 N–H and O–H groups in total. The number of ether oxygens (including phenoxy) is 2. The zero-order valence-electron chi connectivity index (χ0n) is 13.9. The highest BCUT2D eigenvalue weighted by molar-refractivity contribution is 5.93. The van der Waals surface area contributed by atoms with Gasteiger partial charge in [-0.15, -0.1) is 0 Å². The lowest BCUT2D eigenvalue weighted by Gasteiger charge is -2.09. The Morgan fingerprint density at radius 3 is 2.62 bits per heavy atom. The molecular formula is C17H22N4O3. The normalized spacial score (nSPS) is 10.2. The largest absolute Gasteiger partial charge is 0.496 e. The summed E-state index contributed by atoms with van der Waals surface area (Å²) in [6, 6.07) is 7.72. The lowest BCUT2D eigenvalue weighted by Crippen LogP contribution is -2.25. The molecule has 128 valence electrons. The van der Waals surface area contributed by atoms with Crippen LogP contribution in [0.1, 0.15) is 22.3 Å². The maximum Gasteiger partial charge on any atom is 0.254 e. The third-order valence-corrected chi connectivity index (χ3v) is 3.35. The van der Waals surface area contributed by atoms with Gasteiger partial charge in [-0.25, -0.2) is 9.97 Å². The van der Waals surface area contributed by atoms with Crippen molar-refractivity contribution in [3.05, 3.63) is 47.8 Å². The van der Waals surface area contributed by atoms with Crippen LogP contribution < -0.4 is 15.4 Å². The average molecular weight is 330 g/mol. The summed E-state index contributed by atoms with van der Waals surface area (Å²) in [5.74, 6) is 1.07. The number of nitrogens with one attached hydrogen (secondary N) is 2. The van der Waals surface area contributed by atoms with Crippen LogP contribution in [0.5, 0.6) is 5.75 Å². The Labute approximate surface area is 141 Å². The molecule has 0 radical (unpaired) electrons. The van der Waals surface area contributed by atoms with Crippen LogP contribution in [0, 0.1) is 0 Å². The van der Waals surface area contributed by atoms with Crippen LogP contribution in [0.2, 0.25) is 0 Å². The molecule has 1 aromatic carbocycles. The Kier molecular flexibility index (Phi) is 6.97. The molecule has 2 aromatic rings. The maximum atomic E-state index is 11.9. The van der Waals surface area contributed by atoms with Gasteiger partial charge in [-0.1, -0.05) is 18.2 Å². The number of carbonyl (C=O) groups excluding carboxylic acids is 1. The standard InChI is InChI=1S/C17H22N4O3/c1-23-9-5-8-18-16(22)14-11-20-17(21-12-14)19-10-13-6-3-4-7-15(13)24-2/h3-4,6-7,11-12H,5,8-10H2,1-2H3,(H,18,22)(H,19,20,21). The molecule has 24 heavy (non-hydrogen) atoms. The number of aromatic nitrogens is 2. The number of hydrogen-bond acceptors (Lipinski definition) is 6. The van der Waals surface area contributed by atoms with Crippen LogP contribution in [0.15, 0.2) is 36.7 Å². The van der Waals surface area contributed by atoms with E-state index in [0.29, 0.717) is 31.2 Å². The monoisotopic (exact) mass is 330 g/mol. The summed E-state index contributed by atoms with van der Waals surface area (Å²) >= 11 is 0. The molecule has 0 saturated carbocycles. The van der Waals surface area contributed by atoms with Gasteiger partial charge in [0.25, 0.3) is 5.91 Å². The van der Waals surface area contributed by atoms with Gasteiger partial charge in [0.1, 0.15) is 5.75 Å². The average Bonchev–Trinajstić information content (AvgIpc) is 2.64. The molecule has 0 fully saturated rings. The van der Waals surface area contributed by atoms with Gasteiger partial charge >= 0.3 is 0 Å². The Morgan fingerprint density at radius 1 is 1.17 bits per heavy atom. The van der Waals surface area contributed by atoms with Crippen LogP contribution in [-0.4, -0.2) is 43.2 Å². The summed E-state index contributed by atoms with van der Waals surface area (Å²) in [5, 5.41) is 5.90. The number of para-hydroxylation sites is 1. The Bertz CT molecular complexity index is 647. The third kappa shape index (κ3) is 5.20. The molecule has 0 spiro atoms. The fourth-order valence-electron chi connectivity index (χ4n) is 2.08. The van der Waals surface area contributed by atoms with E-state index < -0.39 is 0 Å². The number of hydrogen-bond donors (Lipinski definition) is 2. The van der Waals surface area contributed by atoms with Crippen molar-refractivity contribution in [2.75, 3.05) is 32.7 Å². The van der Waals surface area contributed by atoms with E-state index in [1.807, 2.05) is 24.3 Å². The number of rotatable bonds is 9. The third-order valence-electron chi connectivity index (χ3n) is 3.35. The van der Waals surface area contributed by atoms with Crippen molar-refractivity contribution in [2.24, 2.45) is 0 Å². The van der Waals surface area contributed by atoms with Crippen LogP contribution in [0.4, 0.5) is 5.95 Å². The minimum absolute atomic E-state index is 0.192. The van der Waals surface area contributed by atoms with Gasteiger partial charge in [0.15, 0.2) is 0 Å². The topological polar surface area (TPSA) is 85.4 Å². The number of amides is 1. The first-order chi connectivity index (χ1) is 11.7. The Balaban J connectivity index is 1.86. The van der Waals surface area contributed by atoms with Crippen molar-refractivity contribution in [2.45, 2.75) is 13.0 Å². The van der Waals surface area contributed by atoms with Gasteiger partial charge in [0.2, 0.25) is 5.95 Å². The summed E-state index contributed by atoms with van der Waals surface area (Å²) in [6.45, 7) is 1.70. The second-order valence-corrected chi connectivity index (χ2v) is 5.06. The SMILES string of the molecule is COCCCNC(=O)c1cnc(NCc2ccccc2OC)nc1. The van der Waals surface area contributed by atoms with Crippen molar-refractivity contribution < 1.29 is 14.3 Å². The molecule has 0 unspecified atom stereocenters. The van der Waals surface area contributed by atoms with E-state index in [2.05, 4.69) is 20.6 Å². The second kappa shape index (κ2) is 9.46. The number of benzene rings is 1. The fraction of sp³-hybridized carbons (Fsp3) is 0.353. The molecule has 7 nitrogen and oxygen atoms in total. The number of nitrogens with zero attached hydrogens (tertiary/aromatic N) is 2. The maximum absolute atomic E-state index is 11.9. The van der Waals surface area contributed by atoms with Crippen LogP contribution in [-0.2, 0) is 11.3 Å². The summed E-state index contributed by atoms with van der Waals surface area (Å²) < 4.78 is 10.2. The molecule has 0 aliphatic heterocycles. The lowest BCUT2D eigenvalue weighted by molar-refractivity contribution is 0.0948. The predicted molar refractivity (Wildman–Crippen MR) is 91.2 cm³/mol. The fourth-order valence-corrected chi connectivity index (χ4v) is 2.08. The molecule has 0 saturated heterocycles. The summed E-state index contributed by atoms with van der Waals surface area (Å²) in [5.41, 5.74) is 1.43. The van der Waals surface area contributed by atoms with E-state index in [4.69, 9.17) is 9.47 Å². The van der Waals surface area contributed by atoms with Gasteiger partial charge in [0, 0.05) is 44.8 Å². The van der Waals surface area contributed by atoms with E-state index >= 15 is 0 Å². The van der Waals surface area contributed by atoms with E-state index in [9.17, 15) is 4.79 Å². The Morgan fingerprint density at radius 2 is 1.92 bits per heavy atom. The molecule has 1 aromatic heterocycles. The van der Waals surface area contributed by atoms with E-state index in [1.165, 1.54) is 12.4 Å². The lowest BCUT2D eigenvalue weighted by atomic mass is 10.2. The number of methoxy groups -OCH3 is 2. The van der Waals surface area contributed by atoms with Gasteiger partial charge in [-0.2, -0.15) is 0 Å². The van der Waals surface area contributed by atoms with Gasteiger partial charge in [0.05, 0.1) is 12.7 Å². The van der Waals surface area contributed by atoms with Crippen molar-refractivity contribution in [3.63, 3.8) is 0 Å². The molecule has 0 aliphatic carbocycles. The highest BCUT2D eigenvalue weighted by Gasteiger charge is 2.07. The van der Waals surface area contributed by atoms with Crippen LogP contribution >= 0.6 is 0 Å². The number of carbonyl (C=O) groups is 1. The quantitative estimate of drug-likeness (QED) is 0.683. The van der Waals surface area contributed by atoms with Crippen molar-refractivity contribution in [1.82, 2.24) is 15.3 Å². The highest BCUT2D eigenvalue weighted by atomic mass is 16.5. The van der Waals surface area contributed by atoms with Gasteiger partial charge in [-0.3, -0.25) is 4.79 Å². The number of anilines is 1. The Hall–Kier alpha value is -2.67. The van der Waals surface area contributed by atoms with Crippen molar-refractivity contribution >= 4 is 11.9 Å². The molecular weight excluding hydrogens is 308 g/mol. The van der Waals surface area contributed by atoms with E-state index in [1.54, 1.807) is 14.2 Å². The minimum Gasteiger partial charge on any atom is -0.496 e. The van der Waals surface area contributed by atoms with Crippen LogP contribution in [0.3, 0.4) is 0 Å². The first kappa shape index (κ1) is 17.7. The van der Waals surface area contributed by atoms with Crippen molar-refractivity contribution in [1.29, 1.82) is 0 Å². The minimum atomic E-state index is -0.192. The van der Waals surface area contributed by atoms with Gasteiger partial charge in [-0.05, 0) is 12.5 Å². The summed E-state index contributed by atoms with van der Waals surface area (Å²) in [6.07, 6.45) is 3.77. The van der Waals surface area contributed by atoms with Crippen LogP contribution in [0.25, 0.3) is 0 Å². The first-order valence-electron chi connectivity index (χ1n) is 7.69. The van der Waals surface area contributed by atoms with E-state index in [0.717, 1.165) is 17.7 Å². The zero-order valence-corrected chi connectivity index (χ0v) is 13.9. The van der Waals surface area contributed by atoms with Gasteiger partial charge < -0.3 is 20.1 Å². The molecule has 7 heteroatoms. The molecule has 1 amide bonds. The molecule has 0 bridgehead atoms. The first-order valence-corrected chi connectivity index (χ1v) is 7.69. The predicted octanol–water partition coefficient (Wildman–Crippen LogP) is 1.86. The van der Waals surface area contributed by atoms with E-state index in [-0.39, 0.29) is 5.91 Å².